The van der Waals surface area contributed by atoms with Crippen molar-refractivity contribution >= 4 is 18.1 Å². The number of ether oxygens (including phenoxy) is 2. The Labute approximate surface area is 162 Å². The third kappa shape index (κ3) is 4.03. The van der Waals surface area contributed by atoms with Gasteiger partial charge in [0.15, 0.2) is 0 Å². The Morgan fingerprint density at radius 2 is 1.82 bits per heavy atom. The number of nitrogens with zero attached hydrogens (tertiary/aromatic N) is 1. The van der Waals surface area contributed by atoms with Crippen LogP contribution in [0.2, 0.25) is 0 Å². The smallest absolute Gasteiger partial charge is 0.328 e. The molecule has 0 radical (unpaired) electrons. The molecule has 2 aromatic carbocycles. The Bertz CT molecular complexity index is 936. The van der Waals surface area contributed by atoms with E-state index in [4.69, 9.17) is 9.47 Å². The second kappa shape index (κ2) is 8.85. The Balaban J connectivity index is 1.55. The molecule has 0 saturated carbocycles. The number of carbonyl (C=O) groups excluding carboxylic acids is 2. The van der Waals surface area contributed by atoms with Crippen LogP contribution < -0.4 is 10.1 Å². The number of hydrogen-bond acceptors (Lipinski definition) is 6. The summed E-state index contributed by atoms with van der Waals surface area (Å²) in [4.78, 5) is 21.8. The van der Waals surface area contributed by atoms with Crippen molar-refractivity contribution in [2.24, 2.45) is 5.16 Å². The number of rotatable bonds is 8. The number of carbonyl (C=O) groups is 2. The molecule has 0 heterocycles. The second-order valence-electron chi connectivity index (χ2n) is 6.12. The van der Waals surface area contributed by atoms with Crippen molar-refractivity contribution in [2.45, 2.75) is 13.0 Å². The second-order valence-corrected chi connectivity index (χ2v) is 6.12. The monoisotopic (exact) mass is 380 g/mol. The molecule has 1 aliphatic rings. The van der Waals surface area contributed by atoms with Crippen LogP contribution in [0.15, 0.2) is 59.8 Å². The van der Waals surface area contributed by atoms with Crippen LogP contribution in [0.25, 0.3) is 11.1 Å². The zero-order valence-corrected chi connectivity index (χ0v) is 15.3. The number of hydrogen-bond donors (Lipinski definition) is 2. The van der Waals surface area contributed by atoms with Gasteiger partial charge in [-0.3, -0.25) is 4.79 Å². The average Bonchev–Trinajstić information content (AvgIpc) is 3.03. The van der Waals surface area contributed by atoms with Gasteiger partial charge >= 0.3 is 5.97 Å². The van der Waals surface area contributed by atoms with E-state index in [0.29, 0.717) is 17.9 Å². The maximum Gasteiger partial charge on any atom is 0.328 e. The molecule has 3 rings (SSSR count). The first-order valence-corrected chi connectivity index (χ1v) is 8.76. The molecule has 0 aromatic heterocycles. The van der Waals surface area contributed by atoms with E-state index in [1.54, 1.807) is 19.1 Å². The highest BCUT2D eigenvalue weighted by Gasteiger charge is 2.25. The lowest BCUT2D eigenvalue weighted by Crippen LogP contribution is -2.34. The summed E-state index contributed by atoms with van der Waals surface area (Å²) in [5, 5.41) is 15.2. The number of benzene rings is 2. The number of fused-ring (bicyclic) bond motifs is 3. The molecule has 0 fully saturated rings. The minimum atomic E-state index is -0.680. The fraction of sp³-hybridized carbons (Fsp3) is 0.190. The van der Waals surface area contributed by atoms with Crippen LogP contribution in [0, 0.1) is 0 Å². The van der Waals surface area contributed by atoms with Gasteiger partial charge in [-0.1, -0.05) is 29.4 Å². The summed E-state index contributed by atoms with van der Waals surface area (Å²) in [7, 11) is 0. The van der Waals surface area contributed by atoms with Crippen LogP contribution in [-0.4, -0.2) is 42.6 Å². The molecule has 1 amide bonds. The van der Waals surface area contributed by atoms with E-state index in [1.807, 2.05) is 42.5 Å². The van der Waals surface area contributed by atoms with Crippen LogP contribution >= 0.6 is 0 Å². The van der Waals surface area contributed by atoms with Gasteiger partial charge in [-0.15, -0.1) is 0 Å². The van der Waals surface area contributed by atoms with Gasteiger partial charge in [0.2, 0.25) is 6.41 Å². The Kier molecular flexibility index (Phi) is 6.06. The van der Waals surface area contributed by atoms with Gasteiger partial charge in [-0.2, -0.15) is 0 Å². The molecule has 0 aliphatic heterocycles. The standard InChI is InChI=1S/C21H20N2O5/c1-14(22-13-24)21(25)28-11-5-4-10-27-15-8-9-17-16-6-2-3-7-18(16)20(23-26)19(17)12-15/h2-9,12-14,26H,10-11H2,1H3,(H,22,24)/b5-4-,23-20+/t14-/m1/s1. The van der Waals surface area contributed by atoms with Crippen molar-refractivity contribution in [3.05, 3.63) is 65.7 Å². The number of nitrogens with one attached hydrogen (secondary N) is 1. The maximum atomic E-state index is 11.5. The van der Waals surface area contributed by atoms with Crippen LogP contribution in [0.5, 0.6) is 5.75 Å². The zero-order valence-electron chi connectivity index (χ0n) is 15.3. The predicted octanol–water partition coefficient (Wildman–Crippen LogP) is 2.51. The van der Waals surface area contributed by atoms with E-state index in [9.17, 15) is 14.8 Å². The van der Waals surface area contributed by atoms with Gasteiger partial charge in [0.05, 0.1) is 0 Å². The molecule has 1 atom stereocenters. The van der Waals surface area contributed by atoms with E-state index in [2.05, 4.69) is 10.5 Å². The minimum absolute atomic E-state index is 0.0912. The number of oxime groups is 1. The Hall–Kier alpha value is -3.61. The summed E-state index contributed by atoms with van der Waals surface area (Å²) >= 11 is 0. The van der Waals surface area contributed by atoms with E-state index < -0.39 is 12.0 Å². The molecule has 28 heavy (non-hydrogen) atoms. The lowest BCUT2D eigenvalue weighted by molar-refractivity contribution is -0.145. The molecule has 2 aromatic rings. The predicted molar refractivity (Wildman–Crippen MR) is 104 cm³/mol. The SMILES string of the molecule is C[C@@H](NC=O)C(=O)OC/C=C\COc1ccc2c(c1)/C(=N/O)c1ccccc1-2. The minimum Gasteiger partial charge on any atom is -0.490 e. The molecule has 0 saturated heterocycles. The first kappa shape index (κ1) is 19.2. The first-order valence-electron chi connectivity index (χ1n) is 8.76. The summed E-state index contributed by atoms with van der Waals surface area (Å²) in [5.74, 6) is 0.129. The van der Waals surface area contributed by atoms with Crippen molar-refractivity contribution in [1.29, 1.82) is 0 Å². The van der Waals surface area contributed by atoms with Gasteiger partial charge < -0.3 is 20.0 Å². The molecule has 0 bridgehead atoms. The van der Waals surface area contributed by atoms with Gasteiger partial charge in [0.25, 0.3) is 0 Å². The Morgan fingerprint density at radius 3 is 2.57 bits per heavy atom. The lowest BCUT2D eigenvalue weighted by atomic mass is 10.1. The summed E-state index contributed by atoms with van der Waals surface area (Å²) < 4.78 is 10.7. The molecular formula is C21H20N2O5. The van der Waals surface area contributed by atoms with Gasteiger partial charge in [-0.25, -0.2) is 4.79 Å². The van der Waals surface area contributed by atoms with Crippen molar-refractivity contribution in [2.75, 3.05) is 13.2 Å². The molecule has 1 aliphatic carbocycles. The van der Waals surface area contributed by atoms with Crippen LogP contribution in [-0.2, 0) is 14.3 Å². The largest absolute Gasteiger partial charge is 0.490 e. The van der Waals surface area contributed by atoms with Crippen molar-refractivity contribution in [1.82, 2.24) is 5.32 Å². The topological polar surface area (TPSA) is 97.2 Å². The van der Waals surface area contributed by atoms with Crippen LogP contribution in [0.1, 0.15) is 18.1 Å². The third-order valence-electron chi connectivity index (χ3n) is 4.32. The number of esters is 1. The van der Waals surface area contributed by atoms with Crippen LogP contribution in [0.4, 0.5) is 0 Å². The quantitative estimate of drug-likeness (QED) is 0.206. The number of amides is 1. The van der Waals surface area contributed by atoms with Crippen molar-refractivity contribution in [3.8, 4) is 16.9 Å². The highest BCUT2D eigenvalue weighted by Crippen LogP contribution is 2.38. The first-order chi connectivity index (χ1) is 13.7. The Morgan fingerprint density at radius 1 is 1.11 bits per heavy atom. The summed E-state index contributed by atoms with van der Waals surface area (Å²) in [6.45, 7) is 1.92. The fourth-order valence-corrected chi connectivity index (χ4v) is 2.93. The molecule has 7 heteroatoms. The molecular weight excluding hydrogens is 360 g/mol. The van der Waals surface area contributed by atoms with Crippen molar-refractivity contribution < 1.29 is 24.3 Å². The molecule has 0 spiro atoms. The zero-order chi connectivity index (χ0) is 19.9. The van der Waals surface area contributed by atoms with E-state index in [-0.39, 0.29) is 13.2 Å². The highest BCUT2D eigenvalue weighted by molar-refractivity contribution is 6.24. The van der Waals surface area contributed by atoms with E-state index in [1.165, 1.54) is 0 Å². The molecule has 0 unspecified atom stereocenters. The summed E-state index contributed by atoms with van der Waals surface area (Å²) in [5.41, 5.74) is 4.25. The van der Waals surface area contributed by atoms with Gasteiger partial charge in [0, 0.05) is 11.1 Å². The fourth-order valence-electron chi connectivity index (χ4n) is 2.93. The normalized spacial score (nSPS) is 14.4. The van der Waals surface area contributed by atoms with Gasteiger partial charge in [-0.05, 0) is 48.4 Å². The highest BCUT2D eigenvalue weighted by atomic mass is 16.5. The summed E-state index contributed by atoms with van der Waals surface area (Å²) in [6, 6.07) is 12.7. The summed E-state index contributed by atoms with van der Waals surface area (Å²) in [6.07, 6.45) is 3.85. The van der Waals surface area contributed by atoms with E-state index in [0.717, 1.165) is 22.3 Å². The third-order valence-corrected chi connectivity index (χ3v) is 4.32. The molecule has 2 N–H and O–H groups in total. The van der Waals surface area contributed by atoms with Crippen LogP contribution in [0.3, 0.4) is 0 Å². The molecule has 144 valence electrons. The molecule has 7 nitrogen and oxygen atoms in total. The maximum absolute atomic E-state index is 11.5. The van der Waals surface area contributed by atoms with Crippen molar-refractivity contribution in [3.63, 3.8) is 0 Å². The average molecular weight is 380 g/mol. The lowest BCUT2D eigenvalue weighted by Gasteiger charge is -2.08. The van der Waals surface area contributed by atoms with Gasteiger partial charge in [0.1, 0.15) is 30.7 Å². The van der Waals surface area contributed by atoms with E-state index >= 15 is 0 Å².